The fourth-order valence-corrected chi connectivity index (χ4v) is 2.12. The molecule has 1 aromatic carbocycles. The van der Waals surface area contributed by atoms with E-state index in [2.05, 4.69) is 10.4 Å². The zero-order chi connectivity index (χ0) is 16.7. The molecule has 1 heterocycles. The average Bonchev–Trinajstić information content (AvgIpc) is 2.56. The van der Waals surface area contributed by atoms with E-state index in [4.69, 9.17) is 5.11 Å². The fourth-order valence-electron chi connectivity index (χ4n) is 2.12. The first-order valence-electron chi connectivity index (χ1n) is 7.73. The number of rotatable bonds is 7. The second kappa shape index (κ2) is 8.24. The highest BCUT2D eigenvalue weighted by molar-refractivity contribution is 6.02. The van der Waals surface area contributed by atoms with Gasteiger partial charge < -0.3 is 10.4 Å². The summed E-state index contributed by atoms with van der Waals surface area (Å²) in [6, 6.07) is 10.0. The van der Waals surface area contributed by atoms with Gasteiger partial charge in [-0.25, -0.2) is 4.68 Å². The van der Waals surface area contributed by atoms with Crippen LogP contribution in [0.1, 0.15) is 35.8 Å². The van der Waals surface area contributed by atoms with E-state index in [1.54, 1.807) is 12.1 Å². The Kier molecular flexibility index (Phi) is 6.05. The van der Waals surface area contributed by atoms with Crippen molar-refractivity contribution in [1.82, 2.24) is 9.78 Å². The molecule has 0 atom stereocenters. The number of aliphatic hydroxyl groups excluding tert-OH is 1. The van der Waals surface area contributed by atoms with Crippen LogP contribution in [-0.4, -0.2) is 27.4 Å². The molecular weight excluding hydrogens is 294 g/mol. The van der Waals surface area contributed by atoms with Crippen molar-refractivity contribution in [1.29, 1.82) is 0 Å². The van der Waals surface area contributed by atoms with Crippen LogP contribution in [0.4, 0.5) is 5.69 Å². The standard InChI is InChI=1S/C17H21N3O3/c1-2-3-11-20-16(22)9-8-15(19-20)17(23)18-14-6-4-13(5-7-14)10-12-21/h4-9,21H,2-3,10-12H2,1H3,(H,18,23). The van der Waals surface area contributed by atoms with Crippen LogP contribution in [0.15, 0.2) is 41.2 Å². The number of nitrogens with one attached hydrogen (secondary N) is 1. The van der Waals surface area contributed by atoms with E-state index in [1.807, 2.05) is 19.1 Å². The predicted molar refractivity (Wildman–Crippen MR) is 88.6 cm³/mol. The third kappa shape index (κ3) is 4.75. The molecule has 0 fully saturated rings. The molecule has 2 aromatic rings. The lowest BCUT2D eigenvalue weighted by Crippen LogP contribution is -2.26. The molecule has 122 valence electrons. The van der Waals surface area contributed by atoms with Crippen LogP contribution in [0, 0.1) is 0 Å². The summed E-state index contributed by atoms with van der Waals surface area (Å²) >= 11 is 0. The zero-order valence-corrected chi connectivity index (χ0v) is 13.2. The molecule has 6 nitrogen and oxygen atoms in total. The molecule has 0 saturated carbocycles. The van der Waals surface area contributed by atoms with E-state index >= 15 is 0 Å². The van der Waals surface area contributed by atoms with Gasteiger partial charge in [-0.1, -0.05) is 25.5 Å². The van der Waals surface area contributed by atoms with Gasteiger partial charge in [-0.05, 0) is 36.6 Å². The molecule has 0 radical (unpaired) electrons. The predicted octanol–water partition coefficient (Wildman–Crippen LogP) is 1.83. The lowest BCUT2D eigenvalue weighted by Gasteiger charge is -2.08. The Balaban J connectivity index is 2.09. The summed E-state index contributed by atoms with van der Waals surface area (Å²) in [6.07, 6.45) is 2.37. The van der Waals surface area contributed by atoms with Crippen molar-refractivity contribution in [3.8, 4) is 0 Å². The Morgan fingerprint density at radius 1 is 1.22 bits per heavy atom. The number of benzene rings is 1. The van der Waals surface area contributed by atoms with Gasteiger partial charge in [-0.3, -0.25) is 9.59 Å². The fraction of sp³-hybridized carbons (Fsp3) is 0.353. The minimum Gasteiger partial charge on any atom is -0.396 e. The highest BCUT2D eigenvalue weighted by Gasteiger charge is 2.10. The number of nitrogens with zero attached hydrogens (tertiary/aromatic N) is 2. The van der Waals surface area contributed by atoms with Crippen molar-refractivity contribution < 1.29 is 9.90 Å². The Bertz CT molecular complexity index is 708. The van der Waals surface area contributed by atoms with Crippen molar-refractivity contribution in [3.63, 3.8) is 0 Å². The van der Waals surface area contributed by atoms with Crippen molar-refractivity contribution in [2.75, 3.05) is 11.9 Å². The molecule has 0 bridgehead atoms. The summed E-state index contributed by atoms with van der Waals surface area (Å²) in [5, 5.41) is 15.8. The first-order valence-corrected chi connectivity index (χ1v) is 7.73. The van der Waals surface area contributed by atoms with Crippen LogP contribution in [0.2, 0.25) is 0 Å². The molecule has 0 aliphatic heterocycles. The van der Waals surface area contributed by atoms with Crippen molar-refractivity contribution in [3.05, 3.63) is 58.0 Å². The average molecular weight is 315 g/mol. The van der Waals surface area contributed by atoms with Crippen LogP contribution < -0.4 is 10.9 Å². The minimum absolute atomic E-state index is 0.0922. The third-order valence-electron chi connectivity index (χ3n) is 3.44. The van der Waals surface area contributed by atoms with Crippen LogP contribution >= 0.6 is 0 Å². The topological polar surface area (TPSA) is 84.2 Å². The number of aryl methyl sites for hydroxylation is 1. The van der Waals surface area contributed by atoms with Gasteiger partial charge >= 0.3 is 0 Å². The van der Waals surface area contributed by atoms with Gasteiger partial charge in [0.05, 0.1) is 0 Å². The summed E-state index contributed by atoms with van der Waals surface area (Å²) in [4.78, 5) is 23.9. The quantitative estimate of drug-likeness (QED) is 0.816. The Morgan fingerprint density at radius 2 is 1.96 bits per heavy atom. The van der Waals surface area contributed by atoms with Crippen molar-refractivity contribution >= 4 is 11.6 Å². The SMILES string of the molecule is CCCCn1nc(C(=O)Nc2ccc(CCO)cc2)ccc1=O. The van der Waals surface area contributed by atoms with Crippen LogP contribution in [-0.2, 0) is 13.0 Å². The van der Waals surface area contributed by atoms with E-state index < -0.39 is 0 Å². The van der Waals surface area contributed by atoms with E-state index in [9.17, 15) is 9.59 Å². The summed E-state index contributed by atoms with van der Waals surface area (Å²) < 4.78 is 1.32. The Morgan fingerprint density at radius 3 is 2.61 bits per heavy atom. The maximum atomic E-state index is 12.2. The number of amides is 1. The molecule has 0 unspecified atom stereocenters. The molecular formula is C17H21N3O3. The van der Waals surface area contributed by atoms with Gasteiger partial charge in [0.1, 0.15) is 5.69 Å². The van der Waals surface area contributed by atoms with Gasteiger partial charge in [0.25, 0.3) is 11.5 Å². The van der Waals surface area contributed by atoms with Crippen molar-refractivity contribution in [2.45, 2.75) is 32.7 Å². The van der Waals surface area contributed by atoms with Gasteiger partial charge in [0.15, 0.2) is 0 Å². The van der Waals surface area contributed by atoms with Crippen molar-refractivity contribution in [2.24, 2.45) is 0 Å². The largest absolute Gasteiger partial charge is 0.396 e. The van der Waals surface area contributed by atoms with Crippen LogP contribution in [0.5, 0.6) is 0 Å². The highest BCUT2D eigenvalue weighted by Crippen LogP contribution is 2.11. The molecule has 1 aromatic heterocycles. The first-order chi connectivity index (χ1) is 11.1. The van der Waals surface area contributed by atoms with Gasteiger partial charge in [0, 0.05) is 24.9 Å². The molecule has 2 rings (SSSR count). The summed E-state index contributed by atoms with van der Waals surface area (Å²) in [6.45, 7) is 2.63. The molecule has 2 N–H and O–H groups in total. The zero-order valence-electron chi connectivity index (χ0n) is 13.2. The number of anilines is 1. The van der Waals surface area contributed by atoms with E-state index in [0.29, 0.717) is 18.7 Å². The Hall–Kier alpha value is -2.47. The number of hydrogen-bond acceptors (Lipinski definition) is 4. The van der Waals surface area contributed by atoms with Crippen LogP contribution in [0.3, 0.4) is 0 Å². The second-order valence-electron chi connectivity index (χ2n) is 5.26. The number of carbonyl (C=O) groups is 1. The smallest absolute Gasteiger partial charge is 0.276 e. The van der Waals surface area contributed by atoms with E-state index in [-0.39, 0.29) is 23.8 Å². The summed E-state index contributed by atoms with van der Waals surface area (Å²) in [5.41, 5.74) is 1.64. The number of aromatic nitrogens is 2. The first kappa shape index (κ1) is 16.9. The lowest BCUT2D eigenvalue weighted by atomic mass is 10.1. The number of aliphatic hydroxyl groups is 1. The maximum absolute atomic E-state index is 12.2. The highest BCUT2D eigenvalue weighted by atomic mass is 16.3. The second-order valence-corrected chi connectivity index (χ2v) is 5.26. The molecule has 0 aliphatic carbocycles. The number of hydrogen-bond donors (Lipinski definition) is 2. The van der Waals surface area contributed by atoms with Gasteiger partial charge in [-0.15, -0.1) is 0 Å². The van der Waals surface area contributed by atoms with Gasteiger partial charge in [-0.2, -0.15) is 5.10 Å². The monoisotopic (exact) mass is 315 g/mol. The molecule has 0 spiro atoms. The van der Waals surface area contributed by atoms with E-state index in [0.717, 1.165) is 18.4 Å². The lowest BCUT2D eigenvalue weighted by molar-refractivity contribution is 0.101. The van der Waals surface area contributed by atoms with Gasteiger partial charge in [0.2, 0.25) is 0 Å². The minimum atomic E-state index is -0.356. The molecule has 6 heteroatoms. The Labute approximate surface area is 134 Å². The summed E-state index contributed by atoms with van der Waals surface area (Å²) in [5.74, 6) is -0.356. The number of unbranched alkanes of at least 4 members (excludes halogenated alkanes) is 1. The number of carbonyl (C=O) groups excluding carboxylic acids is 1. The van der Waals surface area contributed by atoms with Crippen LogP contribution in [0.25, 0.3) is 0 Å². The molecule has 0 saturated heterocycles. The molecule has 1 amide bonds. The summed E-state index contributed by atoms with van der Waals surface area (Å²) in [7, 11) is 0. The molecule has 0 aliphatic rings. The normalized spacial score (nSPS) is 10.5. The molecule has 23 heavy (non-hydrogen) atoms. The maximum Gasteiger partial charge on any atom is 0.276 e. The third-order valence-corrected chi connectivity index (χ3v) is 3.44. The van der Waals surface area contributed by atoms with E-state index in [1.165, 1.54) is 16.8 Å².